The lowest BCUT2D eigenvalue weighted by molar-refractivity contribution is 0.670. The molecule has 0 radical (unpaired) electrons. The first-order valence-corrected chi connectivity index (χ1v) is 7.37. The van der Waals surface area contributed by atoms with Crippen LogP contribution in [-0.4, -0.2) is 4.98 Å². The van der Waals surface area contributed by atoms with Crippen LogP contribution in [0.15, 0.2) is 53.1 Å². The fourth-order valence-corrected chi connectivity index (χ4v) is 2.87. The van der Waals surface area contributed by atoms with Gasteiger partial charge in [-0.15, -0.1) is 0 Å². The van der Waals surface area contributed by atoms with Gasteiger partial charge in [-0.25, -0.2) is 0 Å². The lowest BCUT2D eigenvalue weighted by atomic mass is 10.1. The topological polar surface area (TPSA) is 26.0 Å². The van der Waals surface area contributed by atoms with Crippen LogP contribution in [0.5, 0.6) is 0 Å². The fraction of sp³-hybridized carbons (Fsp3) is 0.0556. The van der Waals surface area contributed by atoms with Gasteiger partial charge in [-0.1, -0.05) is 35.3 Å². The van der Waals surface area contributed by atoms with Crippen LogP contribution in [-0.2, 0) is 0 Å². The summed E-state index contributed by atoms with van der Waals surface area (Å²) in [6, 6.07) is 12.7. The lowest BCUT2D eigenvalue weighted by Crippen LogP contribution is -1.86. The molecule has 0 aliphatic rings. The predicted molar refractivity (Wildman–Crippen MR) is 91.7 cm³/mol. The van der Waals surface area contributed by atoms with E-state index in [-0.39, 0.29) is 10.6 Å². The molecule has 0 unspecified atom stereocenters. The van der Waals surface area contributed by atoms with Crippen molar-refractivity contribution < 1.29 is 8.53 Å². The highest BCUT2D eigenvalue weighted by atomic mass is 35.5. The van der Waals surface area contributed by atoms with Crippen molar-refractivity contribution in [3.63, 3.8) is 0 Å². The number of rotatable bonds is 1. The van der Waals surface area contributed by atoms with E-state index in [1.165, 1.54) is 6.20 Å². The van der Waals surface area contributed by atoms with Crippen molar-refractivity contribution in [1.29, 1.82) is 0 Å². The van der Waals surface area contributed by atoms with E-state index >= 15 is 0 Å². The minimum Gasteiger partial charge on any atom is -0.455 e. The van der Waals surface area contributed by atoms with Gasteiger partial charge >= 0.3 is 0 Å². The zero-order valence-electron chi connectivity index (χ0n) is 14.2. The van der Waals surface area contributed by atoms with Crippen molar-refractivity contribution in [1.82, 2.24) is 4.98 Å². The third-order valence-corrected chi connectivity index (χ3v) is 4.14. The molecule has 0 aliphatic heterocycles. The number of pyridine rings is 1. The first-order chi connectivity index (χ1) is 11.8. The van der Waals surface area contributed by atoms with E-state index in [0.717, 1.165) is 16.3 Å². The molecule has 4 rings (SSSR count). The molecule has 0 N–H and O–H groups in total. The third kappa shape index (κ3) is 2.07. The fourth-order valence-electron chi connectivity index (χ4n) is 2.55. The summed E-state index contributed by atoms with van der Waals surface area (Å²) in [4.78, 5) is 4.28. The molecule has 108 valence electrons. The Morgan fingerprint density at radius 1 is 1.09 bits per heavy atom. The minimum atomic E-state index is -2.30. The van der Waals surface area contributed by atoms with Crippen molar-refractivity contribution in [2.45, 2.75) is 6.85 Å². The summed E-state index contributed by atoms with van der Waals surface area (Å²) in [5, 5.41) is 2.63. The monoisotopic (exact) mass is 330 g/mol. The maximum Gasteiger partial charge on any atom is 0.144 e. The summed E-state index contributed by atoms with van der Waals surface area (Å²) in [5.74, 6) is 0. The summed E-state index contributed by atoms with van der Waals surface area (Å²) in [6.07, 6.45) is 1.29. The molecule has 0 bridgehead atoms. The first kappa shape index (κ1) is 10.7. The maximum atomic E-state index is 7.49. The molecule has 2 aromatic carbocycles. The van der Waals surface area contributed by atoms with Crippen molar-refractivity contribution in [2.24, 2.45) is 0 Å². The molecule has 0 atom stereocenters. The van der Waals surface area contributed by atoms with E-state index in [9.17, 15) is 0 Å². The summed E-state index contributed by atoms with van der Waals surface area (Å²) < 4.78 is 28.5. The first-order valence-electron chi connectivity index (χ1n) is 8.12. The second-order valence-electron chi connectivity index (χ2n) is 4.97. The number of halogens is 2. The van der Waals surface area contributed by atoms with Crippen LogP contribution in [0.2, 0.25) is 10.0 Å². The summed E-state index contributed by atoms with van der Waals surface area (Å²) in [6.45, 7) is -2.30. The zero-order chi connectivity index (χ0) is 17.8. The van der Waals surface area contributed by atoms with Gasteiger partial charge in [-0.2, -0.15) is 0 Å². The quantitative estimate of drug-likeness (QED) is 0.411. The molecule has 0 aliphatic carbocycles. The van der Waals surface area contributed by atoms with Gasteiger partial charge in [0, 0.05) is 42.8 Å². The van der Waals surface area contributed by atoms with Crippen LogP contribution in [0.4, 0.5) is 0 Å². The number of nitrogens with zero attached hydrogens (tertiary/aromatic N) is 1. The van der Waals surface area contributed by atoms with Crippen molar-refractivity contribution >= 4 is 45.1 Å². The SMILES string of the molecule is [2H]C([2H])([2H])c1cnc(-c2cccc3c2oc2cc(Cl)ccc23)cc1Cl. The lowest BCUT2D eigenvalue weighted by Gasteiger charge is -2.04. The van der Waals surface area contributed by atoms with E-state index in [4.69, 9.17) is 31.7 Å². The van der Waals surface area contributed by atoms with Gasteiger partial charge in [0.2, 0.25) is 0 Å². The number of furan rings is 1. The Kier molecular flexibility index (Phi) is 2.43. The highest BCUT2D eigenvalue weighted by Gasteiger charge is 2.13. The van der Waals surface area contributed by atoms with Crippen LogP contribution in [0.25, 0.3) is 33.2 Å². The highest BCUT2D eigenvalue weighted by Crippen LogP contribution is 2.36. The highest BCUT2D eigenvalue weighted by molar-refractivity contribution is 6.32. The van der Waals surface area contributed by atoms with Crippen molar-refractivity contribution in [3.05, 3.63) is 64.3 Å². The molecular formula is C18H11Cl2NO. The Morgan fingerprint density at radius 3 is 2.82 bits per heavy atom. The molecule has 4 heteroatoms. The molecule has 2 nitrogen and oxygen atoms in total. The van der Waals surface area contributed by atoms with Crippen LogP contribution in [0.1, 0.15) is 9.68 Å². The molecule has 0 amide bonds. The van der Waals surface area contributed by atoms with Crippen LogP contribution < -0.4 is 0 Å². The van der Waals surface area contributed by atoms with E-state index < -0.39 is 6.85 Å². The smallest absolute Gasteiger partial charge is 0.144 e. The molecule has 0 saturated heterocycles. The molecule has 4 aromatic rings. The third-order valence-electron chi connectivity index (χ3n) is 3.59. The molecule has 0 spiro atoms. The Balaban J connectivity index is 1.95. The van der Waals surface area contributed by atoms with Gasteiger partial charge in [0.25, 0.3) is 0 Å². The summed E-state index contributed by atoms with van der Waals surface area (Å²) in [7, 11) is 0. The predicted octanol–water partition coefficient (Wildman–Crippen LogP) is 6.26. The Bertz CT molecular complexity index is 1120. The Morgan fingerprint density at radius 2 is 2.00 bits per heavy atom. The number of hydrogen-bond donors (Lipinski definition) is 0. The Hall–Kier alpha value is -2.03. The number of fused-ring (bicyclic) bond motifs is 3. The number of aryl methyl sites for hydroxylation is 1. The van der Waals surface area contributed by atoms with Crippen LogP contribution in [0.3, 0.4) is 0 Å². The van der Waals surface area contributed by atoms with E-state index in [1.807, 2.05) is 30.3 Å². The zero-order valence-corrected chi connectivity index (χ0v) is 12.7. The standard InChI is InChI=1S/C18H11Cl2NO/c1-10-9-21-16(8-15(10)20)14-4-2-3-13-12-6-5-11(19)7-17(12)22-18(13)14/h2-9H,1H3/i1D3. The van der Waals surface area contributed by atoms with E-state index in [1.54, 1.807) is 12.1 Å². The Labute approximate surface area is 141 Å². The average Bonchev–Trinajstić information content (AvgIpc) is 2.90. The van der Waals surface area contributed by atoms with Gasteiger partial charge in [-0.3, -0.25) is 4.98 Å². The molecule has 0 fully saturated rings. The van der Waals surface area contributed by atoms with Gasteiger partial charge in [0.05, 0.1) is 5.69 Å². The van der Waals surface area contributed by atoms with Crippen molar-refractivity contribution in [3.8, 4) is 11.3 Å². The number of hydrogen-bond acceptors (Lipinski definition) is 2. The van der Waals surface area contributed by atoms with Gasteiger partial charge in [0.15, 0.2) is 0 Å². The second kappa shape index (κ2) is 5.01. The van der Waals surface area contributed by atoms with E-state index in [2.05, 4.69) is 4.98 Å². The molecular weight excluding hydrogens is 317 g/mol. The van der Waals surface area contributed by atoms with Gasteiger partial charge in [0.1, 0.15) is 11.2 Å². The van der Waals surface area contributed by atoms with E-state index in [0.29, 0.717) is 21.9 Å². The molecule has 2 aromatic heterocycles. The van der Waals surface area contributed by atoms with Crippen molar-refractivity contribution in [2.75, 3.05) is 0 Å². The largest absolute Gasteiger partial charge is 0.455 e. The molecule has 0 saturated carbocycles. The van der Waals surface area contributed by atoms with Gasteiger partial charge < -0.3 is 4.42 Å². The van der Waals surface area contributed by atoms with Gasteiger partial charge in [-0.05, 0) is 36.7 Å². The minimum absolute atomic E-state index is 0.0291. The second-order valence-corrected chi connectivity index (χ2v) is 5.82. The number of benzene rings is 2. The van der Waals surface area contributed by atoms with Crippen LogP contribution in [0, 0.1) is 6.85 Å². The molecule has 22 heavy (non-hydrogen) atoms. The average molecular weight is 331 g/mol. The maximum absolute atomic E-state index is 7.49. The molecule has 2 heterocycles. The normalized spacial score (nSPS) is 14.0. The summed E-state index contributed by atoms with van der Waals surface area (Å²) >= 11 is 12.2. The van der Waals surface area contributed by atoms with Crippen LogP contribution >= 0.6 is 23.2 Å². The number of para-hydroxylation sites is 1. The number of aromatic nitrogens is 1. The summed E-state index contributed by atoms with van der Waals surface area (Å²) in [5.41, 5.74) is 2.66.